The van der Waals surface area contributed by atoms with Crippen molar-refractivity contribution in [1.82, 2.24) is 0 Å². The molecule has 9 aromatic rings. The van der Waals surface area contributed by atoms with Gasteiger partial charge in [0.1, 0.15) is 0 Å². The lowest BCUT2D eigenvalue weighted by Gasteiger charge is -2.25. The molecule has 220 valence electrons. The van der Waals surface area contributed by atoms with Gasteiger partial charge in [0.15, 0.2) is 0 Å². The molecule has 0 saturated carbocycles. The Balaban J connectivity index is 1.20. The molecule has 0 heteroatoms. The van der Waals surface area contributed by atoms with Gasteiger partial charge in [-0.3, -0.25) is 0 Å². The smallest absolute Gasteiger partial charge is 0.0171 e. The van der Waals surface area contributed by atoms with Gasteiger partial charge in [-0.25, -0.2) is 0 Å². The fourth-order valence-electron chi connectivity index (χ4n) is 8.82. The number of rotatable bonds is 2. The molecule has 0 unspecified atom stereocenters. The molecule has 1 aliphatic rings. The van der Waals surface area contributed by atoms with Crippen molar-refractivity contribution in [2.45, 2.75) is 19.3 Å². The second-order valence-electron chi connectivity index (χ2n) is 13.6. The van der Waals surface area contributed by atoms with E-state index in [2.05, 4.69) is 172 Å². The lowest BCUT2D eigenvalue weighted by atomic mass is 9.77. The molecule has 0 radical (unpaired) electrons. The van der Waals surface area contributed by atoms with E-state index in [1.807, 2.05) is 0 Å². The van der Waals surface area contributed by atoms with Crippen molar-refractivity contribution in [3.63, 3.8) is 0 Å². The van der Waals surface area contributed by atoms with Crippen LogP contribution in [-0.4, -0.2) is 0 Å². The van der Waals surface area contributed by atoms with Gasteiger partial charge in [0.25, 0.3) is 0 Å². The Morgan fingerprint density at radius 3 is 1.64 bits per heavy atom. The highest BCUT2D eigenvalue weighted by atomic mass is 14.4. The summed E-state index contributed by atoms with van der Waals surface area (Å²) in [7, 11) is 0. The zero-order valence-electron chi connectivity index (χ0n) is 26.5. The zero-order chi connectivity index (χ0) is 31.3. The Hall–Kier alpha value is -5.72. The van der Waals surface area contributed by atoms with E-state index in [1.54, 1.807) is 0 Å². The van der Waals surface area contributed by atoms with E-state index in [0.29, 0.717) is 0 Å². The molecule has 0 atom stereocenters. The van der Waals surface area contributed by atoms with Gasteiger partial charge < -0.3 is 0 Å². The summed E-state index contributed by atoms with van der Waals surface area (Å²) in [6.45, 7) is 4.85. The lowest BCUT2D eigenvalue weighted by Crippen LogP contribution is -2.16. The molecule has 0 saturated heterocycles. The monoisotopic (exact) mass is 596 g/mol. The molecular weight excluding hydrogens is 565 g/mol. The van der Waals surface area contributed by atoms with Crippen LogP contribution in [0.4, 0.5) is 0 Å². The first-order valence-electron chi connectivity index (χ1n) is 16.6. The highest BCUT2D eigenvalue weighted by Gasteiger charge is 2.39. The maximum absolute atomic E-state index is 2.42. The molecule has 10 rings (SSSR count). The summed E-state index contributed by atoms with van der Waals surface area (Å²) in [5.74, 6) is 0. The van der Waals surface area contributed by atoms with E-state index >= 15 is 0 Å². The van der Waals surface area contributed by atoms with Crippen LogP contribution < -0.4 is 0 Å². The molecule has 9 aromatic carbocycles. The van der Waals surface area contributed by atoms with Gasteiger partial charge in [0.05, 0.1) is 0 Å². The average Bonchev–Trinajstić information content (AvgIpc) is 3.38. The third-order valence-corrected chi connectivity index (χ3v) is 10.8. The Labute approximate surface area is 274 Å². The van der Waals surface area contributed by atoms with E-state index in [0.717, 1.165) is 0 Å². The highest BCUT2D eigenvalue weighted by molar-refractivity contribution is 6.20. The summed E-state index contributed by atoms with van der Waals surface area (Å²) < 4.78 is 0. The van der Waals surface area contributed by atoms with Gasteiger partial charge >= 0.3 is 0 Å². The maximum Gasteiger partial charge on any atom is 0.0171 e. The van der Waals surface area contributed by atoms with Gasteiger partial charge in [0.2, 0.25) is 0 Å². The Morgan fingerprint density at radius 2 is 0.872 bits per heavy atom. The van der Waals surface area contributed by atoms with Gasteiger partial charge in [0, 0.05) is 5.41 Å². The predicted octanol–water partition coefficient (Wildman–Crippen LogP) is 13.1. The van der Waals surface area contributed by atoms with Crippen LogP contribution in [0.5, 0.6) is 0 Å². The topological polar surface area (TPSA) is 0 Å². The third kappa shape index (κ3) is 3.64. The number of benzene rings is 9. The van der Waals surface area contributed by atoms with Crippen molar-refractivity contribution in [1.29, 1.82) is 0 Å². The second kappa shape index (κ2) is 9.64. The van der Waals surface area contributed by atoms with Crippen LogP contribution in [0.25, 0.3) is 87.2 Å². The summed E-state index contributed by atoms with van der Waals surface area (Å²) in [5.41, 5.74) is 10.6. The summed E-state index contributed by atoms with van der Waals surface area (Å²) in [6.07, 6.45) is 0. The largest absolute Gasteiger partial charge is 0.0616 e. The molecular formula is C47H32. The van der Waals surface area contributed by atoms with Crippen LogP contribution in [0.1, 0.15) is 25.0 Å². The summed E-state index contributed by atoms with van der Waals surface area (Å²) >= 11 is 0. The minimum atomic E-state index is -0.142. The molecule has 47 heavy (non-hydrogen) atoms. The van der Waals surface area contributed by atoms with Gasteiger partial charge in [-0.15, -0.1) is 0 Å². The molecule has 0 aromatic heterocycles. The molecule has 0 N–H and O–H groups in total. The first-order chi connectivity index (χ1) is 23.1. The molecule has 0 heterocycles. The van der Waals surface area contributed by atoms with Crippen LogP contribution in [0.15, 0.2) is 158 Å². The van der Waals surface area contributed by atoms with E-state index in [-0.39, 0.29) is 5.41 Å². The normalized spacial score (nSPS) is 13.5. The molecule has 0 fully saturated rings. The Bertz CT molecular complexity index is 2760. The molecule has 0 spiro atoms. The first-order valence-corrected chi connectivity index (χ1v) is 16.6. The highest BCUT2D eigenvalue weighted by Crippen LogP contribution is 2.56. The van der Waals surface area contributed by atoms with Crippen molar-refractivity contribution < 1.29 is 0 Å². The average molecular weight is 597 g/mol. The Kier molecular flexibility index (Phi) is 5.44. The first kappa shape index (κ1) is 26.5. The number of hydrogen-bond donors (Lipinski definition) is 0. The van der Waals surface area contributed by atoms with Gasteiger partial charge in [-0.2, -0.15) is 0 Å². The van der Waals surface area contributed by atoms with E-state index in [9.17, 15) is 0 Å². The lowest BCUT2D eigenvalue weighted by molar-refractivity contribution is 0.672. The molecule has 1 aliphatic carbocycles. The maximum atomic E-state index is 2.42. The van der Waals surface area contributed by atoms with Crippen molar-refractivity contribution >= 4 is 53.9 Å². The summed E-state index contributed by atoms with van der Waals surface area (Å²) in [4.78, 5) is 0. The van der Waals surface area contributed by atoms with E-state index < -0.39 is 0 Å². The fourth-order valence-corrected chi connectivity index (χ4v) is 8.82. The van der Waals surface area contributed by atoms with Crippen molar-refractivity contribution in [3.05, 3.63) is 169 Å². The molecule has 0 nitrogen and oxygen atoms in total. The Morgan fingerprint density at radius 1 is 0.319 bits per heavy atom. The minimum absolute atomic E-state index is 0.142. The fraction of sp³-hybridized carbons (Fsp3) is 0.0638. The summed E-state index contributed by atoms with van der Waals surface area (Å²) in [6, 6.07) is 58.7. The third-order valence-electron chi connectivity index (χ3n) is 10.8. The summed E-state index contributed by atoms with van der Waals surface area (Å²) in [5, 5.41) is 13.2. The minimum Gasteiger partial charge on any atom is -0.0616 e. The van der Waals surface area contributed by atoms with E-state index in [1.165, 1.54) is 98.4 Å². The van der Waals surface area contributed by atoms with E-state index in [4.69, 9.17) is 0 Å². The van der Waals surface area contributed by atoms with Gasteiger partial charge in [-0.05, 0) is 111 Å². The van der Waals surface area contributed by atoms with Crippen LogP contribution in [0.3, 0.4) is 0 Å². The number of hydrogen-bond acceptors (Lipinski definition) is 0. The van der Waals surface area contributed by atoms with Crippen molar-refractivity contribution in [3.8, 4) is 33.4 Å². The second-order valence-corrected chi connectivity index (χ2v) is 13.6. The predicted molar refractivity (Wildman–Crippen MR) is 202 cm³/mol. The number of fused-ring (bicyclic) bond motifs is 13. The van der Waals surface area contributed by atoms with Crippen molar-refractivity contribution in [2.75, 3.05) is 0 Å². The molecule has 0 aliphatic heterocycles. The van der Waals surface area contributed by atoms with Crippen LogP contribution in [0.2, 0.25) is 0 Å². The van der Waals surface area contributed by atoms with Gasteiger partial charge in [-0.1, -0.05) is 159 Å². The standard InChI is InChI=1S/C47H32/c1-47(2)45-34-25-23-30(33-15-5-6-17-36(33)43-28-29-13-3-4-14-32(29)35-16-7-8-20-39(35)43)27-31(34)24-26-42(45)44-40-21-11-9-18-37(40)38-19-10-12-22-41(38)46(44)47/h3-28H,1-2H3. The zero-order valence-corrected chi connectivity index (χ0v) is 26.5. The van der Waals surface area contributed by atoms with Crippen LogP contribution in [0, 0.1) is 0 Å². The van der Waals surface area contributed by atoms with Crippen LogP contribution >= 0.6 is 0 Å². The molecule has 0 amide bonds. The molecule has 0 bridgehead atoms. The van der Waals surface area contributed by atoms with Crippen molar-refractivity contribution in [2.24, 2.45) is 0 Å². The quantitative estimate of drug-likeness (QED) is 0.174. The van der Waals surface area contributed by atoms with Crippen LogP contribution in [-0.2, 0) is 5.41 Å². The SMILES string of the molecule is CC1(C)c2c(ccc3cc(-c4ccccc4-c4cc5ccccc5c5ccccc45)ccc23)-c2c1c1ccccc1c1ccccc21.